The molecule has 86 heavy (non-hydrogen) atoms. The molecule has 0 amide bonds. The Hall–Kier alpha value is -3.66. The van der Waals surface area contributed by atoms with Crippen molar-refractivity contribution in [1.29, 1.82) is 0 Å². The van der Waals surface area contributed by atoms with E-state index in [1.54, 1.807) is 0 Å². The van der Waals surface area contributed by atoms with Crippen molar-refractivity contribution < 1.29 is 50.2 Å². The Kier molecular flexibility index (Phi) is 18.0. The third-order valence-corrected chi connectivity index (χ3v) is 19.6. The number of hydroxylamine groups is 12. The molecule has 2 aromatic rings. The molecule has 0 saturated carbocycles. The number of nitrogens with zero attached hydrogens (tertiary/aromatic N) is 14. The number of aromatic nitrogens is 6. The van der Waals surface area contributed by atoms with Crippen LogP contribution in [-0.4, -0.2) is 176 Å². The molecule has 6 aliphatic rings. The van der Waals surface area contributed by atoms with Crippen LogP contribution in [-0.2, 0) is 31.2 Å². The summed E-state index contributed by atoms with van der Waals surface area (Å²) in [6.07, 6.45) is 2.91. The lowest BCUT2D eigenvalue weighted by Gasteiger charge is -2.53. The highest BCUT2D eigenvalue weighted by Gasteiger charge is 2.54. The maximum Gasteiger partial charge on any atom is 0.324 e. The summed E-state index contributed by atoms with van der Waals surface area (Å²) in [4.78, 5) is 34.8. The van der Waals surface area contributed by atoms with Crippen molar-refractivity contribution in [3.8, 4) is 24.0 Å². The molecule has 24 nitrogen and oxygen atoms in total. The molecule has 0 aromatic carbocycles. The van der Waals surface area contributed by atoms with Crippen molar-refractivity contribution in [3.05, 3.63) is 0 Å². The summed E-state index contributed by atoms with van der Waals surface area (Å²) in [5.41, 5.74) is -9.58. The first-order valence-corrected chi connectivity index (χ1v) is 31.5. The van der Waals surface area contributed by atoms with Gasteiger partial charge in [-0.3, -0.25) is 0 Å². The van der Waals surface area contributed by atoms with Crippen LogP contribution >= 0.6 is 0 Å². The Morgan fingerprint density at radius 3 is 0.593 bits per heavy atom. The van der Waals surface area contributed by atoms with Crippen LogP contribution in [0, 0.1) is 0 Å². The molecule has 0 N–H and O–H groups in total. The molecule has 0 aliphatic carbocycles. The third kappa shape index (κ3) is 14.1. The molecule has 8 rings (SSSR count). The Morgan fingerprint density at radius 1 is 0.279 bits per heavy atom. The highest BCUT2D eigenvalue weighted by molar-refractivity contribution is 5.40. The average Bonchev–Trinajstić information content (AvgIpc) is 0.995. The standard InChI is InChI=1S/C62H106N14O10/c1-51(2)27-39(28-52(3,4)71(51)77)69(45-63-47(83-41-31-55(9,10)73(79)56(11,12)32-41)67-48(64-45)84-42-33-57(13,14)74(80)58(15,16)34-42)25-26-70(40-29-53(5,6)72(78)54(7,8)30-40)46-65-49(85-43-35-59(17,18)75(81)60(19,20)36-43)68-50(66-46)86-44-37-61(21,22)76(82)62(23,24)38-44/h39-44H,25-38H2,1-24H3. The SMILES string of the molecule is CC1(C)CC(Oc2nc(OC3CC(C)(C)N([O])C(C)(C)C3)nc(N(CCN(c3nc(OC4CC(C)(C)N([O])C(C)(C)C4)nc(OC4CC(C)(C)N([O])C(C)(C)C4)n3)C3CC(C)(C)N([O])C(C)(C)C3)C3CC(C)(C)N([O])C(C)(C)C3)n2)CC(C)(C)N1[O]. The molecule has 6 aliphatic heterocycles. The van der Waals surface area contributed by atoms with Gasteiger partial charge >= 0.3 is 24.0 Å². The van der Waals surface area contributed by atoms with Crippen LogP contribution in [0.2, 0.25) is 0 Å². The molecule has 0 spiro atoms. The molecule has 0 atom stereocenters. The largest absolute Gasteiger partial charge is 0.460 e. The predicted octanol–water partition coefficient (Wildman–Crippen LogP) is 10.1. The second-order valence-corrected chi connectivity index (χ2v) is 34.0. The van der Waals surface area contributed by atoms with Crippen LogP contribution in [0.1, 0.15) is 243 Å². The molecule has 2 aromatic heterocycles. The molecular weight excluding hydrogens is 1100 g/mol. The van der Waals surface area contributed by atoms with Crippen LogP contribution in [0.15, 0.2) is 0 Å². The fourth-order valence-electron chi connectivity index (χ4n) is 16.7. The number of hydrogen-bond acceptors (Lipinski definition) is 18. The van der Waals surface area contributed by atoms with Crippen molar-refractivity contribution in [3.63, 3.8) is 0 Å². The van der Waals surface area contributed by atoms with Gasteiger partial charge < -0.3 is 28.7 Å². The van der Waals surface area contributed by atoms with Gasteiger partial charge in [0.1, 0.15) is 24.4 Å². The van der Waals surface area contributed by atoms with Crippen LogP contribution < -0.4 is 28.7 Å². The maximum absolute atomic E-state index is 14.3. The van der Waals surface area contributed by atoms with E-state index in [2.05, 4.69) is 9.80 Å². The van der Waals surface area contributed by atoms with E-state index in [-0.39, 0.29) is 61.1 Å². The highest BCUT2D eigenvalue weighted by Crippen LogP contribution is 2.46. The minimum Gasteiger partial charge on any atom is -0.460 e. The Bertz CT molecular complexity index is 2320. The molecule has 8 heterocycles. The van der Waals surface area contributed by atoms with Crippen molar-refractivity contribution in [1.82, 2.24) is 60.3 Å². The molecule has 6 radical (unpaired) electrons. The lowest BCUT2D eigenvalue weighted by molar-refractivity contribution is -0.297. The van der Waals surface area contributed by atoms with Gasteiger partial charge in [-0.05, 0) is 192 Å². The van der Waals surface area contributed by atoms with Crippen LogP contribution in [0.4, 0.5) is 11.9 Å². The van der Waals surface area contributed by atoms with Crippen molar-refractivity contribution in [2.75, 3.05) is 22.9 Å². The van der Waals surface area contributed by atoms with Crippen LogP contribution in [0.3, 0.4) is 0 Å². The first kappa shape index (κ1) is 68.3. The van der Waals surface area contributed by atoms with Crippen LogP contribution in [0.5, 0.6) is 24.0 Å². The van der Waals surface area contributed by atoms with Crippen LogP contribution in [0.25, 0.3) is 0 Å². The second kappa shape index (κ2) is 22.6. The molecule has 24 heteroatoms. The molecule has 6 saturated heterocycles. The minimum absolute atomic E-state index is 0.0121. The lowest BCUT2D eigenvalue weighted by Crippen LogP contribution is -2.64. The van der Waals surface area contributed by atoms with E-state index >= 15 is 0 Å². The van der Waals surface area contributed by atoms with Crippen molar-refractivity contribution in [2.45, 2.75) is 346 Å². The molecule has 0 unspecified atom stereocenters. The van der Waals surface area contributed by atoms with Gasteiger partial charge in [0.2, 0.25) is 11.9 Å². The number of anilines is 2. The fourth-order valence-corrected chi connectivity index (χ4v) is 16.7. The molecule has 0 bridgehead atoms. The Morgan fingerprint density at radius 2 is 0.430 bits per heavy atom. The summed E-state index contributed by atoms with van der Waals surface area (Å²) in [6.45, 7) is 46.6. The quantitative estimate of drug-likeness (QED) is 0.161. The van der Waals surface area contributed by atoms with Gasteiger partial charge in [0.25, 0.3) is 0 Å². The minimum atomic E-state index is -0.846. The summed E-state index contributed by atoms with van der Waals surface area (Å²) in [7, 11) is 0. The normalized spacial score (nSPS) is 28.2. The summed E-state index contributed by atoms with van der Waals surface area (Å²) in [5.74, 6) is 0.480. The van der Waals surface area contributed by atoms with Gasteiger partial charge in [0, 0.05) is 143 Å². The van der Waals surface area contributed by atoms with E-state index in [0.717, 1.165) is 20.3 Å². The van der Waals surface area contributed by atoms with Gasteiger partial charge in [-0.2, -0.15) is 19.9 Å². The summed E-state index contributed by atoms with van der Waals surface area (Å²) in [5, 5.41) is 90.1. The summed E-state index contributed by atoms with van der Waals surface area (Å²) < 4.78 is 27.4. The monoisotopic (exact) mass is 1210 g/mol. The van der Waals surface area contributed by atoms with Gasteiger partial charge in [-0.1, -0.05) is 0 Å². The molecule has 484 valence electrons. The number of rotatable bonds is 15. The van der Waals surface area contributed by atoms with Gasteiger partial charge in [0.05, 0.1) is 0 Å². The van der Waals surface area contributed by atoms with E-state index in [4.69, 9.17) is 48.9 Å². The van der Waals surface area contributed by atoms with Crippen molar-refractivity contribution in [2.24, 2.45) is 0 Å². The highest BCUT2D eigenvalue weighted by atomic mass is 16.6. The average molecular weight is 1210 g/mol. The zero-order valence-electron chi connectivity index (χ0n) is 56.7. The number of ether oxygens (including phenoxy) is 4. The fraction of sp³-hybridized carbons (Fsp3) is 0.903. The van der Waals surface area contributed by atoms with Gasteiger partial charge in [0.15, 0.2) is 0 Å². The van der Waals surface area contributed by atoms with E-state index < -0.39 is 90.9 Å². The van der Waals surface area contributed by atoms with Crippen molar-refractivity contribution >= 4 is 11.9 Å². The van der Waals surface area contributed by atoms with Gasteiger partial charge in [-0.25, -0.2) is 0 Å². The second-order valence-electron chi connectivity index (χ2n) is 34.0. The Balaban J connectivity index is 1.29. The summed E-state index contributed by atoms with van der Waals surface area (Å²) in [6, 6.07) is -0.668. The lowest BCUT2D eigenvalue weighted by atomic mass is 9.78. The first-order valence-electron chi connectivity index (χ1n) is 31.5. The molecule has 6 fully saturated rings. The number of hydrogen-bond donors (Lipinski definition) is 0. The van der Waals surface area contributed by atoms with E-state index in [1.807, 2.05) is 166 Å². The first-order chi connectivity index (χ1) is 38.9. The summed E-state index contributed by atoms with van der Waals surface area (Å²) >= 11 is 0. The third-order valence-electron chi connectivity index (χ3n) is 19.6. The molecular formula is C62H106N14O10. The zero-order chi connectivity index (χ0) is 64.5. The number of piperidine rings is 6. The van der Waals surface area contributed by atoms with E-state index in [0.29, 0.717) is 77.0 Å². The van der Waals surface area contributed by atoms with E-state index in [9.17, 15) is 31.2 Å². The predicted molar refractivity (Wildman–Crippen MR) is 319 cm³/mol. The topological polar surface area (TPSA) is 260 Å². The smallest absolute Gasteiger partial charge is 0.324 e. The zero-order valence-corrected chi connectivity index (χ0v) is 56.7. The van der Waals surface area contributed by atoms with Gasteiger partial charge in [-0.15, -0.1) is 71.6 Å². The Labute approximate surface area is 513 Å². The maximum atomic E-state index is 14.3. The van der Waals surface area contributed by atoms with E-state index in [1.165, 1.54) is 10.1 Å².